The molecule has 0 saturated carbocycles. The van der Waals surface area contributed by atoms with E-state index in [9.17, 15) is 24.3 Å². The molecule has 35 heavy (non-hydrogen) atoms. The lowest BCUT2D eigenvalue weighted by molar-refractivity contribution is -0.155. The summed E-state index contributed by atoms with van der Waals surface area (Å²) in [6.07, 6.45) is 0.312. The Bertz CT molecular complexity index is 1090. The largest absolute Gasteiger partial charge is 0.492 e. The molecule has 3 aliphatic rings. The molecular weight excluding hydrogens is 522 g/mol. The minimum atomic E-state index is -0.973. The van der Waals surface area contributed by atoms with Crippen molar-refractivity contribution in [1.82, 2.24) is 9.80 Å². The highest BCUT2D eigenvalue weighted by atomic mass is 79.9. The number of ether oxygens (including phenoxy) is 2. The van der Waals surface area contributed by atoms with Crippen LogP contribution in [0.5, 0.6) is 5.75 Å². The number of carboxylic acid groups (broad SMARTS) is 1. The Morgan fingerprint density at radius 3 is 2.51 bits per heavy atom. The standard InChI is InChI=1S/C24H30BrN3O7/c1-23(2,3)35-17(29)5-4-16(20(26)30)28-11-13-18(21(28)31)15(25)10-14-19(13)34-12-24(14)6-8-27(9-7-24)22(32)33/h10,16H,4-9,11-12H2,1-3H3,(H2,26,30)(H,32,33). The first-order valence-electron chi connectivity index (χ1n) is 11.6. The zero-order chi connectivity index (χ0) is 25.7. The summed E-state index contributed by atoms with van der Waals surface area (Å²) in [7, 11) is 0. The molecule has 1 atom stereocenters. The van der Waals surface area contributed by atoms with E-state index in [1.807, 2.05) is 6.07 Å². The molecule has 1 unspecified atom stereocenters. The molecule has 0 bridgehead atoms. The fraction of sp³-hybridized carbons (Fsp3) is 0.583. The van der Waals surface area contributed by atoms with Crippen molar-refractivity contribution >= 4 is 39.8 Å². The average Bonchev–Trinajstić information content (AvgIpc) is 3.26. The number of fused-ring (bicyclic) bond motifs is 4. The number of rotatable bonds is 5. The van der Waals surface area contributed by atoms with Crippen LogP contribution in [-0.4, -0.2) is 70.1 Å². The summed E-state index contributed by atoms with van der Waals surface area (Å²) in [4.78, 5) is 52.0. The van der Waals surface area contributed by atoms with Gasteiger partial charge in [0.2, 0.25) is 5.91 Å². The SMILES string of the molecule is CC(C)(C)OC(=O)CCC(C(N)=O)N1Cc2c3c(cc(Br)c2C1=O)C1(CCN(C(=O)O)CC1)CO3. The number of carbonyl (C=O) groups is 4. The number of likely N-dealkylation sites (tertiary alicyclic amines) is 1. The summed E-state index contributed by atoms with van der Waals surface area (Å²) in [5, 5.41) is 9.30. The Hall–Kier alpha value is -2.82. The first-order chi connectivity index (χ1) is 16.3. The molecule has 3 aliphatic heterocycles. The molecule has 0 radical (unpaired) electrons. The van der Waals surface area contributed by atoms with Crippen molar-refractivity contribution in [2.24, 2.45) is 5.73 Å². The van der Waals surface area contributed by atoms with Crippen molar-refractivity contribution in [2.45, 2.75) is 70.1 Å². The number of benzene rings is 1. The number of amides is 3. The molecular formula is C24H30BrN3O7. The van der Waals surface area contributed by atoms with E-state index >= 15 is 0 Å². The van der Waals surface area contributed by atoms with Crippen molar-refractivity contribution in [3.8, 4) is 5.75 Å². The maximum Gasteiger partial charge on any atom is 0.407 e. The number of piperidine rings is 1. The van der Waals surface area contributed by atoms with Gasteiger partial charge < -0.3 is 30.1 Å². The highest BCUT2D eigenvalue weighted by molar-refractivity contribution is 9.10. The lowest BCUT2D eigenvalue weighted by Gasteiger charge is -2.37. The Balaban J connectivity index is 1.57. The fourth-order valence-corrected chi connectivity index (χ4v) is 5.83. The van der Waals surface area contributed by atoms with E-state index < -0.39 is 29.6 Å². The van der Waals surface area contributed by atoms with Crippen molar-refractivity contribution in [3.63, 3.8) is 0 Å². The van der Waals surface area contributed by atoms with Crippen LogP contribution in [0.1, 0.15) is 67.9 Å². The van der Waals surface area contributed by atoms with Gasteiger partial charge in [0.1, 0.15) is 17.4 Å². The first kappa shape index (κ1) is 25.3. The van der Waals surface area contributed by atoms with Crippen LogP contribution in [0.3, 0.4) is 0 Å². The average molecular weight is 552 g/mol. The van der Waals surface area contributed by atoms with E-state index in [0.717, 1.165) is 5.56 Å². The van der Waals surface area contributed by atoms with Gasteiger partial charge in [0.15, 0.2) is 0 Å². The summed E-state index contributed by atoms with van der Waals surface area (Å²) in [5.41, 5.74) is 6.72. The van der Waals surface area contributed by atoms with Gasteiger partial charge in [-0.15, -0.1) is 0 Å². The Morgan fingerprint density at radius 2 is 1.94 bits per heavy atom. The molecule has 3 heterocycles. The lowest BCUT2D eigenvalue weighted by Crippen LogP contribution is -2.45. The first-order valence-corrected chi connectivity index (χ1v) is 12.4. The van der Waals surface area contributed by atoms with Gasteiger partial charge >= 0.3 is 12.1 Å². The quantitative estimate of drug-likeness (QED) is 0.536. The van der Waals surface area contributed by atoms with E-state index in [2.05, 4.69) is 15.9 Å². The van der Waals surface area contributed by atoms with Crippen molar-refractivity contribution < 1.29 is 33.8 Å². The second-order valence-corrected chi connectivity index (χ2v) is 11.3. The van der Waals surface area contributed by atoms with Gasteiger partial charge in [-0.2, -0.15) is 0 Å². The highest BCUT2D eigenvalue weighted by Gasteiger charge is 2.48. The Morgan fingerprint density at radius 1 is 1.29 bits per heavy atom. The van der Waals surface area contributed by atoms with Crippen LogP contribution in [0, 0.1) is 0 Å². The number of primary amides is 1. The number of halogens is 1. The third-order valence-electron chi connectivity index (χ3n) is 6.94. The molecule has 1 aromatic rings. The number of carbonyl (C=O) groups excluding carboxylic acids is 3. The topological polar surface area (TPSA) is 139 Å². The molecule has 0 aromatic heterocycles. The second-order valence-electron chi connectivity index (χ2n) is 10.4. The van der Waals surface area contributed by atoms with E-state index in [0.29, 0.717) is 53.9 Å². The third kappa shape index (κ3) is 4.70. The molecule has 1 saturated heterocycles. The van der Waals surface area contributed by atoms with Gasteiger partial charge in [-0.3, -0.25) is 14.4 Å². The zero-order valence-corrected chi connectivity index (χ0v) is 21.6. The predicted octanol–water partition coefficient (Wildman–Crippen LogP) is 2.78. The zero-order valence-electron chi connectivity index (χ0n) is 20.1. The van der Waals surface area contributed by atoms with Crippen molar-refractivity contribution in [1.29, 1.82) is 0 Å². The summed E-state index contributed by atoms with van der Waals surface area (Å²) < 4.78 is 12.0. The maximum absolute atomic E-state index is 13.4. The third-order valence-corrected chi connectivity index (χ3v) is 7.56. The van der Waals surface area contributed by atoms with Crippen LogP contribution in [0.15, 0.2) is 10.5 Å². The van der Waals surface area contributed by atoms with E-state index in [1.54, 1.807) is 20.8 Å². The number of nitrogens with two attached hydrogens (primary N) is 1. The van der Waals surface area contributed by atoms with Gasteiger partial charge in [0.25, 0.3) is 5.91 Å². The highest BCUT2D eigenvalue weighted by Crippen LogP contribution is 2.51. The van der Waals surface area contributed by atoms with E-state index in [4.69, 9.17) is 15.2 Å². The Kier molecular flexibility index (Phi) is 6.50. The normalized spacial score (nSPS) is 19.3. The van der Waals surface area contributed by atoms with E-state index in [1.165, 1.54) is 9.80 Å². The number of hydrogen-bond acceptors (Lipinski definition) is 6. The van der Waals surface area contributed by atoms with Gasteiger partial charge in [-0.1, -0.05) is 0 Å². The second kappa shape index (κ2) is 9.00. The monoisotopic (exact) mass is 551 g/mol. The molecule has 1 fully saturated rings. The molecule has 190 valence electrons. The van der Waals surface area contributed by atoms with Crippen LogP contribution >= 0.6 is 15.9 Å². The molecule has 10 nitrogen and oxygen atoms in total. The minimum absolute atomic E-state index is 0.0516. The number of nitrogens with zero attached hydrogens (tertiary/aromatic N) is 2. The van der Waals surface area contributed by atoms with Gasteiger partial charge in [0, 0.05) is 40.5 Å². The number of hydrogen-bond donors (Lipinski definition) is 2. The lowest BCUT2D eigenvalue weighted by atomic mass is 9.74. The molecule has 4 rings (SSSR count). The smallest absolute Gasteiger partial charge is 0.407 e. The van der Waals surface area contributed by atoms with Crippen LogP contribution in [-0.2, 0) is 26.3 Å². The predicted molar refractivity (Wildman–Crippen MR) is 128 cm³/mol. The van der Waals surface area contributed by atoms with E-state index in [-0.39, 0.29) is 30.7 Å². The molecule has 11 heteroatoms. The van der Waals surface area contributed by atoms with Crippen LogP contribution in [0.4, 0.5) is 4.79 Å². The molecule has 1 aromatic carbocycles. The summed E-state index contributed by atoms with van der Waals surface area (Å²) in [5.74, 6) is -0.889. The van der Waals surface area contributed by atoms with Crippen molar-refractivity contribution in [2.75, 3.05) is 19.7 Å². The summed E-state index contributed by atoms with van der Waals surface area (Å²) >= 11 is 3.54. The molecule has 3 N–H and O–H groups in total. The summed E-state index contributed by atoms with van der Waals surface area (Å²) in [6, 6.07) is 0.915. The Labute approximate surface area is 211 Å². The fourth-order valence-electron chi connectivity index (χ4n) is 5.19. The van der Waals surface area contributed by atoms with Crippen LogP contribution in [0.2, 0.25) is 0 Å². The molecule has 0 aliphatic carbocycles. The maximum atomic E-state index is 13.4. The van der Waals surface area contributed by atoms with Crippen LogP contribution in [0.25, 0.3) is 0 Å². The van der Waals surface area contributed by atoms with Crippen molar-refractivity contribution in [3.05, 3.63) is 27.2 Å². The summed E-state index contributed by atoms with van der Waals surface area (Å²) in [6.45, 7) is 6.63. The molecule has 3 amide bonds. The minimum Gasteiger partial charge on any atom is -0.492 e. The molecule has 1 spiro atoms. The number of esters is 1. The van der Waals surface area contributed by atoms with Crippen LogP contribution < -0.4 is 10.5 Å². The van der Waals surface area contributed by atoms with Gasteiger partial charge in [-0.25, -0.2) is 4.79 Å². The van der Waals surface area contributed by atoms with Gasteiger partial charge in [0.05, 0.1) is 18.7 Å². The van der Waals surface area contributed by atoms with Gasteiger partial charge in [-0.05, 0) is 62.0 Å².